The van der Waals surface area contributed by atoms with Crippen LogP contribution in [0.4, 0.5) is 11.6 Å². The molecule has 1 aromatic carbocycles. The third-order valence-corrected chi connectivity index (χ3v) is 7.64. The van der Waals surface area contributed by atoms with Crippen LogP contribution in [0.2, 0.25) is 0 Å². The fourth-order valence-electron chi connectivity index (χ4n) is 5.51. The van der Waals surface area contributed by atoms with E-state index < -0.39 is 0 Å². The molecule has 6 rings (SSSR count). The van der Waals surface area contributed by atoms with Crippen LogP contribution in [-0.2, 0) is 4.74 Å². The van der Waals surface area contributed by atoms with Gasteiger partial charge in [-0.15, -0.1) is 6.58 Å². The molecule has 0 spiro atoms. The topological polar surface area (TPSA) is 80.5 Å². The zero-order chi connectivity index (χ0) is 24.6. The van der Waals surface area contributed by atoms with E-state index >= 15 is 0 Å². The summed E-state index contributed by atoms with van der Waals surface area (Å²) >= 11 is 0. The molecule has 1 saturated heterocycles. The van der Waals surface area contributed by atoms with Crippen molar-refractivity contribution in [3.05, 3.63) is 54.7 Å². The van der Waals surface area contributed by atoms with Crippen LogP contribution in [0.5, 0.6) is 0 Å². The first-order valence-corrected chi connectivity index (χ1v) is 12.9. The molecule has 186 valence electrons. The number of anilines is 2. The number of nitrogens with zero attached hydrogens (tertiary/aromatic N) is 6. The van der Waals surface area contributed by atoms with Crippen LogP contribution in [0.25, 0.3) is 28.1 Å². The molecule has 4 heterocycles. The summed E-state index contributed by atoms with van der Waals surface area (Å²) in [6.07, 6.45) is 7.81. The summed E-state index contributed by atoms with van der Waals surface area (Å²) < 4.78 is 7.51. The van der Waals surface area contributed by atoms with E-state index in [1.54, 1.807) is 0 Å². The summed E-state index contributed by atoms with van der Waals surface area (Å²) in [5, 5.41) is 8.76. The van der Waals surface area contributed by atoms with Crippen LogP contribution < -0.4 is 10.2 Å². The molecular weight excluding hydrogens is 450 g/mol. The van der Waals surface area contributed by atoms with Crippen LogP contribution in [0.3, 0.4) is 0 Å². The minimum atomic E-state index is 0.363. The Morgan fingerprint density at radius 1 is 1.03 bits per heavy atom. The zero-order valence-corrected chi connectivity index (χ0v) is 21.0. The number of fused-ring (bicyclic) bond motifs is 2. The van der Waals surface area contributed by atoms with Crippen LogP contribution >= 0.6 is 0 Å². The number of aryl methyl sites for hydroxylation is 1. The third kappa shape index (κ3) is 4.30. The molecule has 8 heteroatoms. The van der Waals surface area contributed by atoms with Crippen molar-refractivity contribution in [1.29, 1.82) is 0 Å². The van der Waals surface area contributed by atoms with E-state index in [0.29, 0.717) is 18.1 Å². The number of benzene rings is 1. The molecule has 0 amide bonds. The average Bonchev–Trinajstić information content (AvgIpc) is 3.56. The smallest absolute Gasteiger partial charge is 0.160 e. The Hall–Kier alpha value is -3.52. The van der Waals surface area contributed by atoms with Crippen molar-refractivity contribution in [1.82, 2.24) is 24.6 Å². The van der Waals surface area contributed by atoms with Crippen LogP contribution in [0.1, 0.15) is 37.8 Å². The van der Waals surface area contributed by atoms with Gasteiger partial charge in [0.25, 0.3) is 0 Å². The van der Waals surface area contributed by atoms with E-state index in [9.17, 15) is 0 Å². The molecule has 2 fully saturated rings. The Bertz CT molecular complexity index is 1410. The Labute approximate surface area is 211 Å². The Morgan fingerprint density at radius 3 is 2.53 bits per heavy atom. The molecule has 0 radical (unpaired) electrons. The minimum Gasteiger partial charge on any atom is -0.381 e. The van der Waals surface area contributed by atoms with Crippen molar-refractivity contribution in [2.24, 2.45) is 5.92 Å². The maximum absolute atomic E-state index is 5.58. The number of hydrogen-bond donors (Lipinski definition) is 1. The van der Waals surface area contributed by atoms with E-state index in [2.05, 4.69) is 28.9 Å². The van der Waals surface area contributed by atoms with E-state index in [1.807, 2.05) is 48.9 Å². The van der Waals surface area contributed by atoms with Crippen molar-refractivity contribution in [2.45, 2.75) is 51.2 Å². The van der Waals surface area contributed by atoms with Crippen LogP contribution in [0, 0.1) is 12.8 Å². The standard InChI is InChI=1S/C28H33N7O/c1-4-19-13-14-34(17-19)25-16-27(30-20-9-11-21(36-3)12-10-20)35-26(32-25)15-24(33-35)28-18(2)29-22-7-5-6-8-23(22)31-28/h4-8,15-16,19-21,30H,1,9-14,17H2,2-3H3/t19-,20?,21?/m1/s1. The molecule has 1 aliphatic carbocycles. The molecule has 36 heavy (non-hydrogen) atoms. The van der Waals surface area contributed by atoms with Gasteiger partial charge in [0.05, 0.1) is 22.8 Å². The molecule has 1 saturated carbocycles. The van der Waals surface area contributed by atoms with Gasteiger partial charge in [-0.1, -0.05) is 18.2 Å². The van der Waals surface area contributed by atoms with Gasteiger partial charge >= 0.3 is 0 Å². The number of hydrogen-bond acceptors (Lipinski definition) is 7. The summed E-state index contributed by atoms with van der Waals surface area (Å²) in [6.45, 7) is 7.92. The van der Waals surface area contributed by atoms with Crippen molar-refractivity contribution in [2.75, 3.05) is 30.4 Å². The number of nitrogens with one attached hydrogen (secondary N) is 1. The Kier molecular flexibility index (Phi) is 6.05. The lowest BCUT2D eigenvalue weighted by molar-refractivity contribution is 0.0681. The molecule has 4 aromatic rings. The highest BCUT2D eigenvalue weighted by atomic mass is 16.5. The SMILES string of the molecule is C=C[C@@H]1CCN(c2cc(NC3CCC(OC)CC3)n3nc(-c4nc5ccccc5nc4C)cc3n2)C1. The second-order valence-corrected chi connectivity index (χ2v) is 10.0. The maximum Gasteiger partial charge on any atom is 0.160 e. The summed E-state index contributed by atoms with van der Waals surface area (Å²) in [4.78, 5) is 17.1. The summed E-state index contributed by atoms with van der Waals surface area (Å²) in [6, 6.07) is 12.5. The first kappa shape index (κ1) is 22.9. The van der Waals surface area contributed by atoms with Gasteiger partial charge < -0.3 is 15.0 Å². The average molecular weight is 484 g/mol. The second-order valence-electron chi connectivity index (χ2n) is 10.0. The van der Waals surface area contributed by atoms with Crippen molar-refractivity contribution >= 4 is 28.3 Å². The van der Waals surface area contributed by atoms with E-state index in [4.69, 9.17) is 24.8 Å². The summed E-state index contributed by atoms with van der Waals surface area (Å²) in [7, 11) is 1.81. The highest BCUT2D eigenvalue weighted by Gasteiger charge is 2.25. The van der Waals surface area contributed by atoms with Gasteiger partial charge in [-0.3, -0.25) is 0 Å². The van der Waals surface area contributed by atoms with Gasteiger partial charge in [0.2, 0.25) is 0 Å². The number of rotatable bonds is 6. The number of para-hydroxylation sites is 2. The van der Waals surface area contributed by atoms with Crippen LogP contribution in [-0.4, -0.2) is 56.9 Å². The quantitative estimate of drug-likeness (QED) is 0.385. The lowest BCUT2D eigenvalue weighted by atomic mass is 9.93. The summed E-state index contributed by atoms with van der Waals surface area (Å²) in [5.74, 6) is 2.45. The number of ether oxygens (including phenoxy) is 1. The predicted octanol–water partition coefficient (Wildman–Crippen LogP) is 5.03. The van der Waals surface area contributed by atoms with Gasteiger partial charge in [-0.05, 0) is 57.1 Å². The molecule has 8 nitrogen and oxygen atoms in total. The zero-order valence-electron chi connectivity index (χ0n) is 21.0. The third-order valence-electron chi connectivity index (χ3n) is 7.64. The molecule has 2 aliphatic rings. The first-order valence-electron chi connectivity index (χ1n) is 12.9. The normalized spacial score (nSPS) is 22.4. The minimum absolute atomic E-state index is 0.363. The van der Waals surface area contributed by atoms with Crippen molar-refractivity contribution in [3.8, 4) is 11.4 Å². The Morgan fingerprint density at radius 2 is 1.81 bits per heavy atom. The van der Waals surface area contributed by atoms with Crippen molar-refractivity contribution < 1.29 is 4.74 Å². The molecule has 1 N–H and O–H groups in total. The van der Waals surface area contributed by atoms with Gasteiger partial charge in [0, 0.05) is 38.4 Å². The largest absolute Gasteiger partial charge is 0.381 e. The molecule has 1 aliphatic heterocycles. The van der Waals surface area contributed by atoms with E-state index in [1.165, 1.54) is 0 Å². The van der Waals surface area contributed by atoms with Gasteiger partial charge in [-0.2, -0.15) is 9.61 Å². The highest BCUT2D eigenvalue weighted by molar-refractivity contribution is 5.78. The summed E-state index contributed by atoms with van der Waals surface area (Å²) in [5.41, 5.74) is 5.00. The fourth-order valence-corrected chi connectivity index (χ4v) is 5.51. The van der Waals surface area contributed by atoms with Gasteiger partial charge in [0.1, 0.15) is 23.0 Å². The van der Waals surface area contributed by atoms with Gasteiger partial charge in [-0.25, -0.2) is 15.0 Å². The molecular formula is C28H33N7O. The lowest BCUT2D eigenvalue weighted by Gasteiger charge is -2.29. The first-order chi connectivity index (χ1) is 17.6. The van der Waals surface area contributed by atoms with E-state index in [-0.39, 0.29) is 0 Å². The number of aromatic nitrogens is 5. The molecule has 3 aromatic heterocycles. The molecule has 0 unspecified atom stereocenters. The van der Waals surface area contributed by atoms with Gasteiger partial charge in [0.15, 0.2) is 5.65 Å². The monoisotopic (exact) mass is 483 g/mol. The highest BCUT2D eigenvalue weighted by Crippen LogP contribution is 2.31. The lowest BCUT2D eigenvalue weighted by Crippen LogP contribution is -2.30. The second kappa shape index (κ2) is 9.50. The number of methoxy groups -OCH3 is 1. The maximum atomic E-state index is 5.58. The van der Waals surface area contributed by atoms with Crippen LogP contribution in [0.15, 0.2) is 49.1 Å². The molecule has 1 atom stereocenters. The molecule has 0 bridgehead atoms. The predicted molar refractivity (Wildman–Crippen MR) is 143 cm³/mol. The van der Waals surface area contributed by atoms with E-state index in [0.717, 1.165) is 90.6 Å². The Balaban J connectivity index is 1.40. The fraction of sp³-hybridized carbons (Fsp3) is 0.429. The van der Waals surface area contributed by atoms with Crippen molar-refractivity contribution in [3.63, 3.8) is 0 Å².